The number of rotatable bonds is 8. The molecule has 160 valence electrons. The van der Waals surface area contributed by atoms with Crippen molar-refractivity contribution >= 4 is 29.3 Å². The van der Waals surface area contributed by atoms with E-state index < -0.39 is 0 Å². The smallest absolute Gasteiger partial charge is 0.253 e. The minimum absolute atomic E-state index is 0.0620. The second-order valence-corrected chi connectivity index (χ2v) is 8.33. The molecule has 0 saturated carbocycles. The SMILES string of the molecule is COc1ccc(OCCCC(=O)Nc2ccc(C(=O)N3CCSCC3)cc2C)cc1. The lowest BCUT2D eigenvalue weighted by molar-refractivity contribution is -0.116. The highest BCUT2D eigenvalue weighted by atomic mass is 32.2. The molecule has 0 bridgehead atoms. The molecule has 1 aliphatic heterocycles. The van der Waals surface area contributed by atoms with Crippen LogP contribution in [-0.4, -0.2) is 55.0 Å². The predicted octanol–water partition coefficient (Wildman–Crippen LogP) is 3.99. The van der Waals surface area contributed by atoms with Crippen LogP contribution in [0.3, 0.4) is 0 Å². The Morgan fingerprint density at radius 2 is 1.77 bits per heavy atom. The summed E-state index contributed by atoms with van der Waals surface area (Å²) in [7, 11) is 1.62. The van der Waals surface area contributed by atoms with E-state index in [0.717, 1.165) is 47.3 Å². The molecule has 0 unspecified atom stereocenters. The van der Waals surface area contributed by atoms with Crippen LogP contribution in [-0.2, 0) is 4.79 Å². The largest absolute Gasteiger partial charge is 0.497 e. The molecule has 6 nitrogen and oxygen atoms in total. The summed E-state index contributed by atoms with van der Waals surface area (Å²) in [6.45, 7) is 3.95. The van der Waals surface area contributed by atoms with Crippen molar-refractivity contribution in [2.75, 3.05) is 43.6 Å². The van der Waals surface area contributed by atoms with Crippen molar-refractivity contribution in [3.8, 4) is 11.5 Å². The Hall–Kier alpha value is -2.67. The number of nitrogens with zero attached hydrogens (tertiary/aromatic N) is 1. The van der Waals surface area contributed by atoms with E-state index in [9.17, 15) is 9.59 Å². The molecule has 2 amide bonds. The van der Waals surface area contributed by atoms with Crippen LogP contribution in [0.5, 0.6) is 11.5 Å². The van der Waals surface area contributed by atoms with Crippen LogP contribution in [0, 0.1) is 6.92 Å². The number of amides is 2. The zero-order valence-electron chi connectivity index (χ0n) is 17.5. The summed E-state index contributed by atoms with van der Waals surface area (Å²) in [5, 5.41) is 2.93. The van der Waals surface area contributed by atoms with Gasteiger partial charge >= 0.3 is 0 Å². The highest BCUT2D eigenvalue weighted by Gasteiger charge is 2.19. The van der Waals surface area contributed by atoms with Crippen LogP contribution >= 0.6 is 11.8 Å². The standard InChI is InChI=1S/C23H28N2O4S/c1-17-16-18(23(27)25-11-14-30-15-12-25)5-10-21(17)24-22(26)4-3-13-29-20-8-6-19(28-2)7-9-20/h5-10,16H,3-4,11-15H2,1-2H3,(H,24,26). The van der Waals surface area contributed by atoms with E-state index in [0.29, 0.717) is 25.0 Å². The molecule has 1 N–H and O–H groups in total. The molecular formula is C23H28N2O4S. The van der Waals surface area contributed by atoms with Crippen LogP contribution in [0.4, 0.5) is 5.69 Å². The van der Waals surface area contributed by atoms with E-state index in [4.69, 9.17) is 9.47 Å². The monoisotopic (exact) mass is 428 g/mol. The lowest BCUT2D eigenvalue weighted by Gasteiger charge is -2.26. The van der Waals surface area contributed by atoms with Gasteiger partial charge in [0, 0.05) is 42.3 Å². The van der Waals surface area contributed by atoms with E-state index in [2.05, 4.69) is 5.32 Å². The fourth-order valence-electron chi connectivity index (χ4n) is 3.19. The van der Waals surface area contributed by atoms with Gasteiger partial charge in [0.25, 0.3) is 5.91 Å². The van der Waals surface area contributed by atoms with Crippen LogP contribution in [0.25, 0.3) is 0 Å². The van der Waals surface area contributed by atoms with Gasteiger partial charge in [-0.2, -0.15) is 11.8 Å². The lowest BCUT2D eigenvalue weighted by Crippen LogP contribution is -2.37. The summed E-state index contributed by atoms with van der Waals surface area (Å²) in [5.74, 6) is 3.50. The first-order valence-corrected chi connectivity index (χ1v) is 11.3. The van der Waals surface area contributed by atoms with Crippen LogP contribution in [0.2, 0.25) is 0 Å². The predicted molar refractivity (Wildman–Crippen MR) is 121 cm³/mol. The highest BCUT2D eigenvalue weighted by molar-refractivity contribution is 7.99. The van der Waals surface area contributed by atoms with Crippen molar-refractivity contribution < 1.29 is 19.1 Å². The van der Waals surface area contributed by atoms with Gasteiger partial charge in [-0.25, -0.2) is 0 Å². The second kappa shape index (κ2) is 10.9. The zero-order chi connectivity index (χ0) is 21.3. The number of thioether (sulfide) groups is 1. The molecule has 0 aromatic heterocycles. The molecule has 0 spiro atoms. The molecule has 1 fully saturated rings. The van der Waals surface area contributed by atoms with Crippen molar-refractivity contribution in [1.29, 1.82) is 0 Å². The van der Waals surface area contributed by atoms with E-state index >= 15 is 0 Å². The van der Waals surface area contributed by atoms with E-state index in [1.165, 1.54) is 0 Å². The molecular weight excluding hydrogens is 400 g/mol. The van der Waals surface area contributed by atoms with Gasteiger partial charge in [0.1, 0.15) is 11.5 Å². The van der Waals surface area contributed by atoms with Crippen LogP contribution in [0.1, 0.15) is 28.8 Å². The first kappa shape index (κ1) is 22.0. The first-order chi connectivity index (χ1) is 14.6. The molecule has 0 aliphatic carbocycles. The fourth-order valence-corrected chi connectivity index (χ4v) is 4.10. The van der Waals surface area contributed by atoms with Crippen molar-refractivity contribution in [2.45, 2.75) is 19.8 Å². The Kier molecular flexibility index (Phi) is 8.02. The molecule has 3 rings (SSSR count). The maximum absolute atomic E-state index is 12.6. The Bertz CT molecular complexity index is 864. The Balaban J connectivity index is 1.44. The summed E-state index contributed by atoms with van der Waals surface area (Å²) < 4.78 is 10.8. The van der Waals surface area contributed by atoms with Gasteiger partial charge in [0.2, 0.25) is 5.91 Å². The Morgan fingerprint density at radius 3 is 2.43 bits per heavy atom. The van der Waals surface area contributed by atoms with Gasteiger partial charge in [-0.3, -0.25) is 9.59 Å². The molecule has 7 heteroatoms. The van der Waals surface area contributed by atoms with Gasteiger partial charge in [-0.05, 0) is 61.4 Å². The number of anilines is 1. The molecule has 2 aromatic rings. The van der Waals surface area contributed by atoms with Gasteiger partial charge < -0.3 is 19.7 Å². The molecule has 1 saturated heterocycles. The number of carbonyl (C=O) groups is 2. The zero-order valence-corrected chi connectivity index (χ0v) is 18.3. The van der Waals surface area contributed by atoms with Crippen molar-refractivity contribution in [3.63, 3.8) is 0 Å². The third-order valence-electron chi connectivity index (χ3n) is 4.92. The third kappa shape index (κ3) is 6.16. The number of methoxy groups -OCH3 is 1. The summed E-state index contributed by atoms with van der Waals surface area (Å²) in [6, 6.07) is 12.8. The van der Waals surface area contributed by atoms with Gasteiger partial charge in [0.15, 0.2) is 0 Å². The minimum atomic E-state index is -0.0661. The van der Waals surface area contributed by atoms with Gasteiger partial charge in [-0.15, -0.1) is 0 Å². The topological polar surface area (TPSA) is 67.9 Å². The average molecular weight is 429 g/mol. The van der Waals surface area contributed by atoms with Gasteiger partial charge in [-0.1, -0.05) is 0 Å². The summed E-state index contributed by atoms with van der Waals surface area (Å²) >= 11 is 1.88. The summed E-state index contributed by atoms with van der Waals surface area (Å²) in [5.41, 5.74) is 2.29. The van der Waals surface area contributed by atoms with Crippen LogP contribution in [0.15, 0.2) is 42.5 Å². The van der Waals surface area contributed by atoms with Crippen molar-refractivity contribution in [1.82, 2.24) is 4.90 Å². The molecule has 1 aliphatic rings. The number of benzene rings is 2. The van der Waals surface area contributed by atoms with E-state index in [1.807, 2.05) is 60.0 Å². The number of ether oxygens (including phenoxy) is 2. The Labute approximate surface area is 181 Å². The maximum Gasteiger partial charge on any atom is 0.253 e. The fraction of sp³-hybridized carbons (Fsp3) is 0.391. The first-order valence-electron chi connectivity index (χ1n) is 10.1. The number of hydrogen-bond acceptors (Lipinski definition) is 5. The van der Waals surface area contributed by atoms with Crippen molar-refractivity contribution in [2.24, 2.45) is 0 Å². The van der Waals surface area contributed by atoms with E-state index in [1.54, 1.807) is 13.2 Å². The number of aryl methyl sites for hydroxylation is 1. The molecule has 2 aromatic carbocycles. The molecule has 0 radical (unpaired) electrons. The number of nitrogens with one attached hydrogen (secondary N) is 1. The van der Waals surface area contributed by atoms with E-state index in [-0.39, 0.29) is 11.8 Å². The molecule has 1 heterocycles. The minimum Gasteiger partial charge on any atom is -0.497 e. The maximum atomic E-state index is 12.6. The number of hydrogen-bond donors (Lipinski definition) is 1. The molecule has 30 heavy (non-hydrogen) atoms. The molecule has 0 atom stereocenters. The average Bonchev–Trinajstić information content (AvgIpc) is 2.78. The highest BCUT2D eigenvalue weighted by Crippen LogP contribution is 2.20. The normalized spacial score (nSPS) is 13.6. The lowest BCUT2D eigenvalue weighted by atomic mass is 10.1. The summed E-state index contributed by atoms with van der Waals surface area (Å²) in [4.78, 5) is 26.8. The summed E-state index contributed by atoms with van der Waals surface area (Å²) in [6.07, 6.45) is 0.974. The van der Waals surface area contributed by atoms with Crippen molar-refractivity contribution in [3.05, 3.63) is 53.6 Å². The Morgan fingerprint density at radius 1 is 1.07 bits per heavy atom. The van der Waals surface area contributed by atoms with Crippen LogP contribution < -0.4 is 14.8 Å². The quantitative estimate of drug-likeness (QED) is 0.644. The second-order valence-electron chi connectivity index (χ2n) is 7.11. The number of carbonyl (C=O) groups excluding carboxylic acids is 2. The third-order valence-corrected chi connectivity index (χ3v) is 5.86. The van der Waals surface area contributed by atoms with Gasteiger partial charge in [0.05, 0.1) is 13.7 Å².